The zero-order chi connectivity index (χ0) is 21.1. The smallest absolute Gasteiger partial charge is 0.348 e. The summed E-state index contributed by atoms with van der Waals surface area (Å²) in [6.07, 6.45) is 2.35. The molecule has 0 spiro atoms. The Hall–Kier alpha value is -3.30. The maximum absolute atomic E-state index is 12.7. The zero-order valence-electron chi connectivity index (χ0n) is 16.1. The first-order valence-corrected chi connectivity index (χ1v) is 9.62. The summed E-state index contributed by atoms with van der Waals surface area (Å²) in [7, 11) is 0. The van der Waals surface area contributed by atoms with Gasteiger partial charge in [0.1, 0.15) is 5.82 Å². The van der Waals surface area contributed by atoms with Crippen LogP contribution in [0.1, 0.15) is 35.6 Å². The van der Waals surface area contributed by atoms with Gasteiger partial charge in [-0.3, -0.25) is 5.32 Å². The first-order valence-electron chi connectivity index (χ1n) is 9.62. The molecule has 0 radical (unpaired) electrons. The highest BCUT2D eigenvalue weighted by Crippen LogP contribution is 2.29. The van der Waals surface area contributed by atoms with Crippen LogP contribution >= 0.6 is 0 Å². The van der Waals surface area contributed by atoms with E-state index in [-0.39, 0.29) is 12.6 Å². The number of hydrogen-bond donors (Lipinski definition) is 2. The number of H-pyrrole nitrogens is 1. The van der Waals surface area contributed by atoms with Gasteiger partial charge in [0.25, 0.3) is 0 Å². The summed E-state index contributed by atoms with van der Waals surface area (Å²) in [5.41, 5.74) is 1.05. The molecule has 3 heterocycles. The molecular weight excluding hydrogens is 397 g/mol. The number of alkyl halides is 3. The van der Waals surface area contributed by atoms with Gasteiger partial charge in [-0.1, -0.05) is 12.1 Å². The first kappa shape index (κ1) is 20.0. The summed E-state index contributed by atoms with van der Waals surface area (Å²) in [5, 5.41) is 7.03. The highest BCUT2D eigenvalue weighted by atomic mass is 19.4. The monoisotopic (exact) mass is 418 g/mol. The average molecular weight is 418 g/mol. The molecular formula is C20H21F3N6O. The number of likely N-dealkylation sites (tertiary alicyclic amines) is 1. The van der Waals surface area contributed by atoms with Crippen molar-refractivity contribution >= 4 is 11.8 Å². The van der Waals surface area contributed by atoms with Crippen LogP contribution in [0.5, 0.6) is 0 Å². The Morgan fingerprint density at radius 3 is 2.53 bits per heavy atom. The number of imidazole rings is 1. The van der Waals surface area contributed by atoms with Crippen LogP contribution < -0.4 is 5.32 Å². The molecule has 0 aliphatic carbocycles. The van der Waals surface area contributed by atoms with Crippen molar-refractivity contribution in [3.05, 3.63) is 65.9 Å². The minimum Gasteiger partial charge on any atom is -0.348 e. The number of rotatable bonds is 4. The zero-order valence-corrected chi connectivity index (χ0v) is 16.1. The van der Waals surface area contributed by atoms with Crippen LogP contribution in [0, 0.1) is 0 Å². The fourth-order valence-corrected chi connectivity index (χ4v) is 3.61. The van der Waals surface area contributed by atoms with E-state index in [1.165, 1.54) is 12.1 Å². The lowest BCUT2D eigenvalue weighted by atomic mass is 9.94. The average Bonchev–Trinajstić information content (AvgIpc) is 3.41. The van der Waals surface area contributed by atoms with Gasteiger partial charge in [0.2, 0.25) is 0 Å². The fourth-order valence-electron chi connectivity index (χ4n) is 3.61. The summed E-state index contributed by atoms with van der Waals surface area (Å²) in [5.74, 6) is 0.859. The van der Waals surface area contributed by atoms with Crippen molar-refractivity contribution in [1.29, 1.82) is 0 Å². The molecule has 1 saturated heterocycles. The Balaban J connectivity index is 1.35. The first-order chi connectivity index (χ1) is 14.4. The van der Waals surface area contributed by atoms with Crippen molar-refractivity contribution in [3.63, 3.8) is 0 Å². The number of aromatic nitrogens is 4. The lowest BCUT2D eigenvalue weighted by Gasteiger charge is -2.31. The number of halogens is 3. The molecule has 10 heteroatoms. The van der Waals surface area contributed by atoms with Crippen LogP contribution in [0.15, 0.2) is 49.1 Å². The molecule has 0 bridgehead atoms. The number of nitrogens with one attached hydrogen (secondary N) is 2. The SMILES string of the molecule is O=C(Nc1ccnn1Cc1ccc(C(F)(F)F)cc1)N1CCC(c2cnc[nH]2)CC1. The van der Waals surface area contributed by atoms with Crippen molar-refractivity contribution in [2.24, 2.45) is 0 Å². The molecule has 0 unspecified atom stereocenters. The molecule has 1 fully saturated rings. The molecule has 2 N–H and O–H groups in total. The second-order valence-corrected chi connectivity index (χ2v) is 7.27. The third kappa shape index (κ3) is 4.47. The van der Waals surface area contributed by atoms with Gasteiger partial charge in [-0.25, -0.2) is 14.5 Å². The Kier molecular flexibility index (Phi) is 5.47. The minimum atomic E-state index is -4.37. The van der Waals surface area contributed by atoms with Crippen LogP contribution in [0.25, 0.3) is 0 Å². The van der Waals surface area contributed by atoms with Crippen LogP contribution in [0.3, 0.4) is 0 Å². The van der Waals surface area contributed by atoms with Gasteiger partial charge >= 0.3 is 12.2 Å². The van der Waals surface area contributed by atoms with Gasteiger partial charge in [0.05, 0.1) is 24.6 Å². The van der Waals surface area contributed by atoms with E-state index in [0.717, 1.165) is 30.7 Å². The van der Waals surface area contributed by atoms with Gasteiger partial charge in [-0.2, -0.15) is 18.3 Å². The molecule has 2 aromatic heterocycles. The highest BCUT2D eigenvalue weighted by molar-refractivity contribution is 5.88. The van der Waals surface area contributed by atoms with Crippen molar-refractivity contribution in [3.8, 4) is 0 Å². The number of aromatic amines is 1. The lowest BCUT2D eigenvalue weighted by Crippen LogP contribution is -2.41. The summed E-state index contributed by atoms with van der Waals surface area (Å²) >= 11 is 0. The van der Waals surface area contributed by atoms with Gasteiger partial charge in [-0.05, 0) is 30.5 Å². The van der Waals surface area contributed by atoms with E-state index in [1.54, 1.807) is 28.2 Å². The number of hydrogen-bond acceptors (Lipinski definition) is 3. The Labute approximate surface area is 170 Å². The molecule has 2 amide bonds. The van der Waals surface area contributed by atoms with E-state index >= 15 is 0 Å². The van der Waals surface area contributed by atoms with Crippen LogP contribution in [-0.4, -0.2) is 43.8 Å². The normalized spacial score (nSPS) is 15.4. The molecule has 1 aliphatic rings. The maximum atomic E-state index is 12.7. The standard InChI is InChI=1S/C20H21F3N6O/c21-20(22,23)16-3-1-14(2-4-16)12-29-18(5-8-26-29)27-19(30)28-9-6-15(7-10-28)17-11-24-13-25-17/h1-5,8,11,13,15H,6-7,9-10,12H2,(H,24,25)(H,27,30). The Bertz CT molecular complexity index is 973. The van der Waals surface area contributed by atoms with Gasteiger partial charge in [0, 0.05) is 37.0 Å². The number of anilines is 1. The van der Waals surface area contributed by atoms with E-state index in [1.807, 2.05) is 6.20 Å². The molecule has 1 aliphatic heterocycles. The van der Waals surface area contributed by atoms with Crippen molar-refractivity contribution in [2.75, 3.05) is 18.4 Å². The topological polar surface area (TPSA) is 78.8 Å². The molecule has 1 aromatic carbocycles. The molecule has 7 nitrogen and oxygen atoms in total. The minimum absolute atomic E-state index is 0.216. The third-order valence-corrected chi connectivity index (χ3v) is 5.31. The van der Waals surface area contributed by atoms with E-state index in [2.05, 4.69) is 20.4 Å². The molecule has 4 rings (SSSR count). The maximum Gasteiger partial charge on any atom is 0.416 e. The molecule has 3 aromatic rings. The van der Waals surface area contributed by atoms with Crippen LogP contribution in [-0.2, 0) is 12.7 Å². The number of carbonyl (C=O) groups excluding carboxylic acids is 1. The van der Waals surface area contributed by atoms with Crippen LogP contribution in [0.2, 0.25) is 0 Å². The van der Waals surface area contributed by atoms with Crippen molar-refractivity contribution in [2.45, 2.75) is 31.5 Å². The number of urea groups is 1. The van der Waals surface area contributed by atoms with Crippen molar-refractivity contribution in [1.82, 2.24) is 24.6 Å². The third-order valence-electron chi connectivity index (χ3n) is 5.31. The number of piperidine rings is 1. The Morgan fingerprint density at radius 1 is 1.17 bits per heavy atom. The largest absolute Gasteiger partial charge is 0.416 e. The second-order valence-electron chi connectivity index (χ2n) is 7.27. The highest BCUT2D eigenvalue weighted by Gasteiger charge is 2.30. The number of amides is 2. The summed E-state index contributed by atoms with van der Waals surface area (Å²) in [4.78, 5) is 21.6. The van der Waals surface area contributed by atoms with E-state index < -0.39 is 11.7 Å². The lowest BCUT2D eigenvalue weighted by molar-refractivity contribution is -0.137. The molecule has 30 heavy (non-hydrogen) atoms. The van der Waals surface area contributed by atoms with E-state index in [0.29, 0.717) is 30.4 Å². The molecule has 158 valence electrons. The van der Waals surface area contributed by atoms with Gasteiger partial charge < -0.3 is 9.88 Å². The number of carbonyl (C=O) groups is 1. The summed E-state index contributed by atoms with van der Waals surface area (Å²) in [6, 6.07) is 6.36. The Morgan fingerprint density at radius 2 is 1.90 bits per heavy atom. The number of nitrogens with zero attached hydrogens (tertiary/aromatic N) is 4. The quantitative estimate of drug-likeness (QED) is 0.670. The van der Waals surface area contributed by atoms with Crippen LogP contribution in [0.4, 0.5) is 23.8 Å². The van der Waals surface area contributed by atoms with Gasteiger partial charge in [0.15, 0.2) is 0 Å². The predicted molar refractivity (Wildman–Crippen MR) is 104 cm³/mol. The number of benzene rings is 1. The molecule has 0 saturated carbocycles. The predicted octanol–water partition coefficient (Wildman–Crippen LogP) is 4.08. The summed E-state index contributed by atoms with van der Waals surface area (Å²) < 4.78 is 39.7. The van der Waals surface area contributed by atoms with Gasteiger partial charge in [-0.15, -0.1) is 0 Å². The van der Waals surface area contributed by atoms with Crippen molar-refractivity contribution < 1.29 is 18.0 Å². The molecule has 0 atom stereocenters. The second kappa shape index (κ2) is 8.21. The van der Waals surface area contributed by atoms with E-state index in [9.17, 15) is 18.0 Å². The fraction of sp³-hybridized carbons (Fsp3) is 0.350. The van der Waals surface area contributed by atoms with E-state index in [4.69, 9.17) is 0 Å². The summed E-state index contributed by atoms with van der Waals surface area (Å²) in [6.45, 7) is 1.51.